The molecular weight excluding hydrogens is 432 g/mol. The summed E-state index contributed by atoms with van der Waals surface area (Å²) in [6.07, 6.45) is 4.21. The summed E-state index contributed by atoms with van der Waals surface area (Å²) in [4.78, 5) is 13.3. The minimum atomic E-state index is -1.10. The molecule has 6 nitrogen and oxygen atoms in total. The van der Waals surface area contributed by atoms with Crippen LogP contribution in [-0.2, 0) is 9.53 Å². The van der Waals surface area contributed by atoms with E-state index < -0.39 is 28.8 Å². The number of rotatable bonds is 3. The summed E-state index contributed by atoms with van der Waals surface area (Å²) in [7, 11) is 0. The molecular formula is C28H44O6. The molecule has 6 heteroatoms. The number of carbonyl (C=O) groups excluding carboxylic acids is 1. The van der Waals surface area contributed by atoms with Gasteiger partial charge in [-0.25, -0.2) is 0 Å². The summed E-state index contributed by atoms with van der Waals surface area (Å²) >= 11 is 0. The standard InChI is InChI=1S/C28H44O6/c1-14-22-21(34-24(14)23(31)15(2)25(3,4)32)13-28(33)18-12-20(30)19-11-16(29)7-9-26(19,5)17(18)8-10-27(22,28)6/h12,14-17,19,21-24,29,31-33H,7-11,13H2,1-6H3/t14-,15+,16-,17-,19-,21-,22-,23-,24+,26+,27+,28+/m0/s1. The average Bonchev–Trinajstić information content (AvgIpc) is 3.19. The first-order chi connectivity index (χ1) is 15.6. The third-order valence-corrected chi connectivity index (χ3v) is 11.5. The first-order valence-corrected chi connectivity index (χ1v) is 13.4. The molecule has 1 heterocycles. The van der Waals surface area contributed by atoms with Crippen molar-refractivity contribution in [1.29, 1.82) is 0 Å². The van der Waals surface area contributed by atoms with Gasteiger partial charge in [0.1, 0.15) is 0 Å². The van der Waals surface area contributed by atoms with Gasteiger partial charge in [0, 0.05) is 23.7 Å². The van der Waals surface area contributed by atoms with Crippen LogP contribution in [0.1, 0.15) is 80.1 Å². The van der Waals surface area contributed by atoms with E-state index in [1.54, 1.807) is 19.9 Å². The van der Waals surface area contributed by atoms with Crippen LogP contribution in [0.2, 0.25) is 0 Å². The molecule has 0 unspecified atom stereocenters. The van der Waals surface area contributed by atoms with Gasteiger partial charge in [-0.15, -0.1) is 0 Å². The number of fused-ring (bicyclic) bond motifs is 7. The van der Waals surface area contributed by atoms with Crippen LogP contribution < -0.4 is 0 Å². The Morgan fingerprint density at radius 1 is 1.18 bits per heavy atom. The lowest BCUT2D eigenvalue weighted by Crippen LogP contribution is -2.59. The summed E-state index contributed by atoms with van der Waals surface area (Å²) in [5, 5.41) is 44.2. The summed E-state index contributed by atoms with van der Waals surface area (Å²) < 4.78 is 6.48. The van der Waals surface area contributed by atoms with E-state index in [1.807, 2.05) is 6.92 Å². The highest BCUT2D eigenvalue weighted by molar-refractivity contribution is 5.95. The lowest BCUT2D eigenvalue weighted by atomic mass is 9.46. The van der Waals surface area contributed by atoms with Gasteiger partial charge >= 0.3 is 0 Å². The van der Waals surface area contributed by atoms with E-state index >= 15 is 0 Å². The largest absolute Gasteiger partial charge is 0.393 e. The number of aliphatic hydroxyl groups excluding tert-OH is 2. The Hall–Kier alpha value is -0.790. The molecule has 0 amide bonds. The first-order valence-electron chi connectivity index (χ1n) is 13.4. The number of hydrogen-bond donors (Lipinski definition) is 4. The van der Waals surface area contributed by atoms with E-state index in [9.17, 15) is 25.2 Å². The molecule has 192 valence electrons. The zero-order valence-electron chi connectivity index (χ0n) is 21.6. The van der Waals surface area contributed by atoms with Gasteiger partial charge in [0.25, 0.3) is 0 Å². The quantitative estimate of drug-likeness (QED) is 0.499. The van der Waals surface area contributed by atoms with Crippen molar-refractivity contribution in [2.75, 3.05) is 0 Å². The molecule has 4 N–H and O–H groups in total. The molecule has 5 aliphatic rings. The highest BCUT2D eigenvalue weighted by Gasteiger charge is 2.71. The number of ether oxygens (including phenoxy) is 1. The molecule has 0 radical (unpaired) electrons. The predicted molar refractivity (Wildman–Crippen MR) is 128 cm³/mol. The molecule has 0 aromatic heterocycles. The van der Waals surface area contributed by atoms with Gasteiger partial charge in [0.2, 0.25) is 0 Å². The second-order valence-corrected chi connectivity index (χ2v) is 13.5. The topological polar surface area (TPSA) is 107 Å². The molecule has 0 aromatic rings. The van der Waals surface area contributed by atoms with Gasteiger partial charge in [-0.2, -0.15) is 0 Å². The SMILES string of the molecule is C[C@@H]1[C@H]([C@@H](O)[C@@H](C)C(C)(C)O)O[C@H]2C[C@@]3(O)C4=CC(=O)[C@@H]5C[C@@H](O)CC[C@]5(C)[C@H]4CC[C@]3(C)[C@@H]12. The molecule has 4 aliphatic carbocycles. The molecule has 0 spiro atoms. The Morgan fingerprint density at radius 3 is 2.50 bits per heavy atom. The van der Waals surface area contributed by atoms with Crippen LogP contribution >= 0.6 is 0 Å². The molecule has 0 bridgehead atoms. The van der Waals surface area contributed by atoms with Crippen LogP contribution in [0, 0.1) is 40.4 Å². The predicted octanol–water partition coefficient (Wildman–Crippen LogP) is 3.00. The summed E-state index contributed by atoms with van der Waals surface area (Å²) in [5.41, 5.74) is -1.88. The molecule has 3 saturated carbocycles. The Bertz CT molecular complexity index is 892. The van der Waals surface area contributed by atoms with Crippen molar-refractivity contribution in [3.63, 3.8) is 0 Å². The minimum Gasteiger partial charge on any atom is -0.393 e. The fourth-order valence-corrected chi connectivity index (χ4v) is 9.05. The van der Waals surface area contributed by atoms with Gasteiger partial charge in [-0.05, 0) is 80.8 Å². The fourth-order valence-electron chi connectivity index (χ4n) is 9.05. The Morgan fingerprint density at radius 2 is 1.85 bits per heavy atom. The second kappa shape index (κ2) is 7.61. The van der Waals surface area contributed by atoms with E-state index in [0.29, 0.717) is 19.3 Å². The van der Waals surface area contributed by atoms with Crippen molar-refractivity contribution in [3.05, 3.63) is 11.6 Å². The molecule has 1 saturated heterocycles. The van der Waals surface area contributed by atoms with Crippen LogP contribution in [-0.4, -0.2) is 61.8 Å². The maximum Gasteiger partial charge on any atom is 0.159 e. The molecule has 5 rings (SSSR count). The monoisotopic (exact) mass is 476 g/mol. The van der Waals surface area contributed by atoms with E-state index in [4.69, 9.17) is 4.74 Å². The first kappa shape index (κ1) is 24.9. The number of aliphatic hydroxyl groups is 4. The summed E-state index contributed by atoms with van der Waals surface area (Å²) in [5.74, 6) is -0.222. The maximum atomic E-state index is 13.3. The van der Waals surface area contributed by atoms with Crippen molar-refractivity contribution in [2.45, 2.75) is 116 Å². The van der Waals surface area contributed by atoms with Gasteiger partial charge in [0.15, 0.2) is 5.78 Å². The third kappa shape index (κ3) is 3.14. The molecule has 0 aromatic carbocycles. The van der Waals surface area contributed by atoms with E-state index in [2.05, 4.69) is 20.8 Å². The number of carbonyl (C=O) groups is 1. The highest BCUT2D eigenvalue weighted by Crippen LogP contribution is 2.70. The van der Waals surface area contributed by atoms with Crippen LogP contribution in [0.5, 0.6) is 0 Å². The van der Waals surface area contributed by atoms with Crippen molar-refractivity contribution in [2.24, 2.45) is 40.4 Å². The van der Waals surface area contributed by atoms with Crippen molar-refractivity contribution in [3.8, 4) is 0 Å². The Balaban J connectivity index is 1.47. The second-order valence-electron chi connectivity index (χ2n) is 13.5. The zero-order valence-corrected chi connectivity index (χ0v) is 21.6. The lowest BCUT2D eigenvalue weighted by molar-refractivity contribution is -0.145. The van der Waals surface area contributed by atoms with E-state index in [-0.39, 0.29) is 53.0 Å². The normalized spacial score (nSPS) is 52.2. The molecule has 34 heavy (non-hydrogen) atoms. The molecule has 4 fully saturated rings. The van der Waals surface area contributed by atoms with E-state index in [0.717, 1.165) is 24.8 Å². The van der Waals surface area contributed by atoms with Gasteiger partial charge in [-0.1, -0.05) is 27.7 Å². The van der Waals surface area contributed by atoms with Crippen LogP contribution in [0.15, 0.2) is 11.6 Å². The van der Waals surface area contributed by atoms with Gasteiger partial charge in [-0.3, -0.25) is 4.79 Å². The Kier molecular flexibility index (Phi) is 5.57. The van der Waals surface area contributed by atoms with Crippen LogP contribution in [0.25, 0.3) is 0 Å². The van der Waals surface area contributed by atoms with Gasteiger partial charge in [0.05, 0.1) is 35.6 Å². The molecule has 1 aliphatic heterocycles. The number of ketones is 1. The van der Waals surface area contributed by atoms with Crippen molar-refractivity contribution in [1.82, 2.24) is 0 Å². The van der Waals surface area contributed by atoms with Gasteiger partial charge < -0.3 is 25.2 Å². The lowest BCUT2D eigenvalue weighted by Gasteiger charge is -2.59. The summed E-state index contributed by atoms with van der Waals surface area (Å²) in [6, 6.07) is 0. The van der Waals surface area contributed by atoms with E-state index in [1.165, 1.54) is 0 Å². The van der Waals surface area contributed by atoms with Crippen molar-refractivity contribution < 1.29 is 30.0 Å². The molecule has 12 atom stereocenters. The fraction of sp³-hybridized carbons (Fsp3) is 0.893. The third-order valence-electron chi connectivity index (χ3n) is 11.5. The highest BCUT2D eigenvalue weighted by atomic mass is 16.5. The Labute approximate surface area is 203 Å². The van der Waals surface area contributed by atoms with Crippen LogP contribution in [0.4, 0.5) is 0 Å². The van der Waals surface area contributed by atoms with Crippen LogP contribution in [0.3, 0.4) is 0 Å². The smallest absolute Gasteiger partial charge is 0.159 e. The minimum absolute atomic E-state index is 0.0217. The average molecular weight is 477 g/mol. The number of allylic oxidation sites excluding steroid dienone is 1. The summed E-state index contributed by atoms with van der Waals surface area (Å²) in [6.45, 7) is 11.8. The zero-order chi connectivity index (χ0) is 25.0. The number of hydrogen-bond acceptors (Lipinski definition) is 6. The maximum absolute atomic E-state index is 13.3. The van der Waals surface area contributed by atoms with Crippen molar-refractivity contribution >= 4 is 5.78 Å².